The largest absolute Gasteiger partial charge is 0.389 e. The van der Waals surface area contributed by atoms with Crippen molar-refractivity contribution in [3.05, 3.63) is 71.5 Å². The van der Waals surface area contributed by atoms with Gasteiger partial charge in [-0.25, -0.2) is 4.39 Å². The van der Waals surface area contributed by atoms with E-state index in [1.807, 2.05) is 30.3 Å². The first kappa shape index (κ1) is 25.3. The molecule has 2 aromatic rings. The molecule has 33 heavy (non-hydrogen) atoms. The molecule has 1 fully saturated rings. The Morgan fingerprint density at radius 3 is 2.73 bits per heavy atom. The molecule has 1 aliphatic heterocycles. The zero-order valence-electron chi connectivity index (χ0n) is 19.1. The Hall–Kier alpha value is -2.36. The van der Waals surface area contributed by atoms with Crippen molar-refractivity contribution < 1.29 is 28.5 Å². The highest BCUT2D eigenvalue weighted by molar-refractivity contribution is 5.94. The molecule has 0 spiro atoms. The number of rotatable bonds is 12. The first-order chi connectivity index (χ1) is 16.0. The minimum atomic E-state index is -0.613. The van der Waals surface area contributed by atoms with Crippen LogP contribution in [0.25, 0.3) is 0 Å². The van der Waals surface area contributed by atoms with Crippen molar-refractivity contribution in [3.8, 4) is 0 Å². The van der Waals surface area contributed by atoms with Crippen LogP contribution in [0.1, 0.15) is 15.9 Å². The zero-order valence-corrected chi connectivity index (χ0v) is 19.1. The average Bonchev–Trinajstić information content (AvgIpc) is 2.83. The molecule has 180 valence electrons. The quantitative estimate of drug-likeness (QED) is 0.524. The lowest BCUT2D eigenvalue weighted by atomic mass is 10.1. The Labute approximate surface area is 194 Å². The third-order valence-corrected chi connectivity index (χ3v) is 5.48. The van der Waals surface area contributed by atoms with Gasteiger partial charge in [0.2, 0.25) is 0 Å². The van der Waals surface area contributed by atoms with E-state index in [0.717, 1.165) is 5.56 Å². The molecule has 0 aromatic heterocycles. The fourth-order valence-corrected chi connectivity index (χ4v) is 3.79. The third kappa shape index (κ3) is 8.49. The molecule has 3 rings (SSSR count). The summed E-state index contributed by atoms with van der Waals surface area (Å²) in [5.41, 5.74) is 1.49. The molecule has 1 saturated heterocycles. The van der Waals surface area contributed by atoms with Crippen LogP contribution in [0.4, 0.5) is 4.39 Å². The van der Waals surface area contributed by atoms with Crippen molar-refractivity contribution >= 4 is 5.91 Å². The number of morpholine rings is 1. The number of aliphatic hydroxyl groups is 1. The number of carbonyl (C=O) groups is 1. The van der Waals surface area contributed by atoms with E-state index in [1.165, 1.54) is 24.3 Å². The van der Waals surface area contributed by atoms with Gasteiger partial charge in [-0.05, 0) is 29.8 Å². The molecule has 0 bridgehead atoms. The topological polar surface area (TPSA) is 71.5 Å². The molecule has 8 heteroatoms. The fraction of sp³-hybridized carbons (Fsp3) is 0.480. The van der Waals surface area contributed by atoms with Gasteiger partial charge in [-0.15, -0.1) is 0 Å². The van der Waals surface area contributed by atoms with Gasteiger partial charge in [0.05, 0.1) is 38.6 Å². The Bertz CT molecular complexity index is 836. The summed E-state index contributed by atoms with van der Waals surface area (Å²) in [5.74, 6) is -0.574. The van der Waals surface area contributed by atoms with Crippen molar-refractivity contribution in [3.63, 3.8) is 0 Å². The molecule has 0 unspecified atom stereocenters. The molecular weight excluding hydrogens is 427 g/mol. The van der Waals surface area contributed by atoms with Gasteiger partial charge in [0.25, 0.3) is 5.91 Å². The number of hydrogen-bond acceptors (Lipinski definition) is 6. The van der Waals surface area contributed by atoms with Gasteiger partial charge >= 0.3 is 0 Å². The molecular formula is C25H33FN2O5. The maximum atomic E-state index is 13.2. The molecule has 1 amide bonds. The number of β-amino-alcohol motifs (C(OH)–C–C–N with tert-alkyl or cyclic N) is 1. The Balaban J connectivity index is 1.48. The monoisotopic (exact) mass is 460 g/mol. The highest BCUT2D eigenvalue weighted by Gasteiger charge is 2.26. The van der Waals surface area contributed by atoms with E-state index in [2.05, 4.69) is 4.90 Å². The SMILES string of the molecule is COCCN(C[C@@H]1CN(C[C@@H](O)COCc2ccccc2)CCO1)C(=O)c1ccc(F)cc1. The van der Waals surface area contributed by atoms with Gasteiger partial charge in [-0.2, -0.15) is 0 Å². The van der Waals surface area contributed by atoms with Crippen LogP contribution in [-0.2, 0) is 20.8 Å². The van der Waals surface area contributed by atoms with Crippen LogP contribution in [0.15, 0.2) is 54.6 Å². The van der Waals surface area contributed by atoms with Crippen molar-refractivity contribution in [2.75, 3.05) is 59.7 Å². The number of halogens is 1. The zero-order chi connectivity index (χ0) is 23.5. The first-order valence-corrected chi connectivity index (χ1v) is 11.2. The molecule has 1 N–H and O–H groups in total. The summed E-state index contributed by atoms with van der Waals surface area (Å²) >= 11 is 0. The molecule has 2 aromatic carbocycles. The minimum Gasteiger partial charge on any atom is -0.389 e. The minimum absolute atomic E-state index is 0.192. The Morgan fingerprint density at radius 2 is 2.00 bits per heavy atom. The number of amides is 1. The van der Waals surface area contributed by atoms with Crippen molar-refractivity contribution in [2.24, 2.45) is 0 Å². The molecule has 0 saturated carbocycles. The van der Waals surface area contributed by atoms with Gasteiger partial charge in [-0.1, -0.05) is 30.3 Å². The maximum absolute atomic E-state index is 13.2. The smallest absolute Gasteiger partial charge is 0.254 e. The third-order valence-electron chi connectivity index (χ3n) is 5.48. The highest BCUT2D eigenvalue weighted by Crippen LogP contribution is 2.12. The lowest BCUT2D eigenvalue weighted by Crippen LogP contribution is -2.51. The second-order valence-corrected chi connectivity index (χ2v) is 8.16. The lowest BCUT2D eigenvalue weighted by molar-refractivity contribution is -0.0605. The fourth-order valence-electron chi connectivity index (χ4n) is 3.79. The predicted octanol–water partition coefficient (Wildman–Crippen LogP) is 2.19. The Morgan fingerprint density at radius 1 is 1.24 bits per heavy atom. The first-order valence-electron chi connectivity index (χ1n) is 11.2. The normalized spacial score (nSPS) is 17.6. The Kier molecular flexibility index (Phi) is 10.2. The summed E-state index contributed by atoms with van der Waals surface area (Å²) in [7, 11) is 1.58. The number of nitrogens with zero attached hydrogens (tertiary/aromatic N) is 2. The van der Waals surface area contributed by atoms with Crippen molar-refractivity contribution in [1.82, 2.24) is 9.80 Å². The molecule has 1 heterocycles. The number of carbonyl (C=O) groups excluding carboxylic acids is 1. The van der Waals surface area contributed by atoms with E-state index in [4.69, 9.17) is 14.2 Å². The average molecular weight is 461 g/mol. The van der Waals surface area contributed by atoms with Gasteiger partial charge in [0.1, 0.15) is 5.82 Å². The second-order valence-electron chi connectivity index (χ2n) is 8.16. The molecule has 2 atom stereocenters. The van der Waals surface area contributed by atoms with Crippen LogP contribution in [0.5, 0.6) is 0 Å². The summed E-state index contributed by atoms with van der Waals surface area (Å²) in [6.45, 7) is 4.18. The van der Waals surface area contributed by atoms with Crippen molar-refractivity contribution in [1.29, 1.82) is 0 Å². The molecule has 0 aliphatic carbocycles. The second kappa shape index (κ2) is 13.4. The lowest BCUT2D eigenvalue weighted by Gasteiger charge is -2.36. The van der Waals surface area contributed by atoms with Gasteiger partial charge < -0.3 is 24.2 Å². The standard InChI is InChI=1S/C25H33FN2O5/c1-31-13-12-28(25(30)21-7-9-22(26)10-8-21)17-24-16-27(11-14-33-24)15-23(29)19-32-18-20-5-3-2-4-6-20/h2-10,23-24,29H,11-19H2,1H3/t23-,24+/m1/s1. The van der Waals surface area contributed by atoms with Crippen LogP contribution in [0.3, 0.4) is 0 Å². The van der Waals surface area contributed by atoms with Gasteiger partial charge in [0, 0.05) is 45.4 Å². The van der Waals surface area contributed by atoms with E-state index >= 15 is 0 Å². The summed E-state index contributed by atoms with van der Waals surface area (Å²) in [6, 6.07) is 15.4. The summed E-state index contributed by atoms with van der Waals surface area (Å²) in [6.07, 6.45) is -0.810. The van der Waals surface area contributed by atoms with E-state index in [1.54, 1.807) is 12.0 Å². The number of aliphatic hydroxyl groups excluding tert-OH is 1. The number of ether oxygens (including phenoxy) is 3. The van der Waals surface area contributed by atoms with Gasteiger partial charge in [-0.3, -0.25) is 9.69 Å². The number of benzene rings is 2. The summed E-state index contributed by atoms with van der Waals surface area (Å²) in [5, 5.41) is 10.4. The van der Waals surface area contributed by atoms with Crippen LogP contribution < -0.4 is 0 Å². The van der Waals surface area contributed by atoms with E-state index < -0.39 is 6.10 Å². The summed E-state index contributed by atoms with van der Waals surface area (Å²) < 4.78 is 29.9. The number of hydrogen-bond donors (Lipinski definition) is 1. The van der Waals surface area contributed by atoms with Crippen LogP contribution in [-0.4, -0.2) is 92.7 Å². The summed E-state index contributed by atoms with van der Waals surface area (Å²) in [4.78, 5) is 16.7. The van der Waals surface area contributed by atoms with Gasteiger partial charge in [0.15, 0.2) is 0 Å². The molecule has 0 radical (unpaired) electrons. The van der Waals surface area contributed by atoms with Crippen LogP contribution >= 0.6 is 0 Å². The molecule has 7 nitrogen and oxygen atoms in total. The van der Waals surface area contributed by atoms with E-state index in [0.29, 0.717) is 58.1 Å². The van der Waals surface area contributed by atoms with E-state index in [-0.39, 0.29) is 24.4 Å². The van der Waals surface area contributed by atoms with Crippen LogP contribution in [0.2, 0.25) is 0 Å². The predicted molar refractivity (Wildman–Crippen MR) is 122 cm³/mol. The number of methoxy groups -OCH3 is 1. The molecule has 1 aliphatic rings. The van der Waals surface area contributed by atoms with E-state index in [9.17, 15) is 14.3 Å². The maximum Gasteiger partial charge on any atom is 0.254 e. The highest BCUT2D eigenvalue weighted by atomic mass is 19.1. The van der Waals surface area contributed by atoms with Crippen molar-refractivity contribution in [2.45, 2.75) is 18.8 Å². The van der Waals surface area contributed by atoms with Crippen LogP contribution in [0, 0.1) is 5.82 Å².